The standard InChI is InChI=1S/C14H24N2O5/c1-20-9-11(12-5-3-7-21-12)15-14(19)16-6-2-4-10(8-16)13(17)18/h10-12H,2-9H2,1H3,(H,15,19)(H,17,18). The minimum absolute atomic E-state index is 0.0195. The van der Waals surface area contributed by atoms with Crippen LogP contribution in [0.15, 0.2) is 0 Å². The van der Waals surface area contributed by atoms with Crippen molar-refractivity contribution in [2.75, 3.05) is 33.4 Å². The lowest BCUT2D eigenvalue weighted by Crippen LogP contribution is -2.53. The van der Waals surface area contributed by atoms with Crippen molar-refractivity contribution in [2.24, 2.45) is 5.92 Å². The number of carbonyl (C=O) groups excluding carboxylic acids is 1. The smallest absolute Gasteiger partial charge is 0.317 e. The molecule has 21 heavy (non-hydrogen) atoms. The lowest BCUT2D eigenvalue weighted by Gasteiger charge is -2.33. The highest BCUT2D eigenvalue weighted by Gasteiger charge is 2.32. The van der Waals surface area contributed by atoms with Gasteiger partial charge in [-0.05, 0) is 25.7 Å². The van der Waals surface area contributed by atoms with Gasteiger partial charge in [0.25, 0.3) is 0 Å². The second kappa shape index (κ2) is 7.61. The minimum Gasteiger partial charge on any atom is -0.481 e. The van der Waals surface area contributed by atoms with E-state index in [9.17, 15) is 9.59 Å². The van der Waals surface area contributed by atoms with E-state index in [0.29, 0.717) is 26.2 Å². The van der Waals surface area contributed by atoms with Gasteiger partial charge in [-0.2, -0.15) is 0 Å². The van der Waals surface area contributed by atoms with Gasteiger partial charge in [0.2, 0.25) is 0 Å². The largest absolute Gasteiger partial charge is 0.481 e. The lowest BCUT2D eigenvalue weighted by molar-refractivity contribution is -0.143. The van der Waals surface area contributed by atoms with E-state index in [1.807, 2.05) is 0 Å². The van der Waals surface area contributed by atoms with Crippen LogP contribution < -0.4 is 5.32 Å². The second-order valence-corrected chi connectivity index (χ2v) is 5.69. The van der Waals surface area contributed by atoms with Crippen molar-refractivity contribution in [3.05, 3.63) is 0 Å². The zero-order valence-corrected chi connectivity index (χ0v) is 12.4. The van der Waals surface area contributed by atoms with Gasteiger partial charge in [0.1, 0.15) is 0 Å². The number of ether oxygens (including phenoxy) is 2. The molecule has 0 aromatic rings. The number of urea groups is 1. The highest BCUT2D eigenvalue weighted by molar-refractivity contribution is 5.76. The maximum Gasteiger partial charge on any atom is 0.317 e. The molecule has 0 spiro atoms. The first-order chi connectivity index (χ1) is 10.1. The molecule has 0 aromatic heterocycles. The number of carbonyl (C=O) groups is 2. The van der Waals surface area contributed by atoms with E-state index in [1.54, 1.807) is 12.0 Å². The van der Waals surface area contributed by atoms with Crippen LogP contribution in [0.5, 0.6) is 0 Å². The molecule has 2 amide bonds. The highest BCUT2D eigenvalue weighted by Crippen LogP contribution is 2.19. The van der Waals surface area contributed by atoms with E-state index >= 15 is 0 Å². The van der Waals surface area contributed by atoms with Gasteiger partial charge in [-0.15, -0.1) is 0 Å². The fraction of sp³-hybridized carbons (Fsp3) is 0.857. The van der Waals surface area contributed by atoms with Crippen LogP contribution in [-0.2, 0) is 14.3 Å². The molecule has 2 rings (SSSR count). The molecular weight excluding hydrogens is 276 g/mol. The molecule has 0 bridgehead atoms. The molecule has 0 radical (unpaired) electrons. The SMILES string of the molecule is COCC(NC(=O)N1CCCC(C(=O)O)C1)C1CCCO1. The zero-order chi connectivity index (χ0) is 15.2. The van der Waals surface area contributed by atoms with Crippen LogP contribution in [0, 0.1) is 5.92 Å². The molecule has 120 valence electrons. The summed E-state index contributed by atoms with van der Waals surface area (Å²) >= 11 is 0. The first kappa shape index (κ1) is 16.0. The first-order valence-corrected chi connectivity index (χ1v) is 7.50. The van der Waals surface area contributed by atoms with Crippen LogP contribution in [-0.4, -0.2) is 67.6 Å². The zero-order valence-electron chi connectivity index (χ0n) is 12.4. The van der Waals surface area contributed by atoms with E-state index in [2.05, 4.69) is 5.32 Å². The molecule has 2 fully saturated rings. The Balaban J connectivity index is 1.89. The molecule has 3 unspecified atom stereocenters. The molecule has 2 aliphatic heterocycles. The number of aliphatic carboxylic acids is 1. The summed E-state index contributed by atoms with van der Waals surface area (Å²) in [6.07, 6.45) is 3.23. The predicted molar refractivity (Wildman–Crippen MR) is 75.1 cm³/mol. The van der Waals surface area contributed by atoms with Crippen LogP contribution in [0.25, 0.3) is 0 Å². The summed E-state index contributed by atoms with van der Waals surface area (Å²) in [7, 11) is 1.59. The minimum atomic E-state index is -0.833. The van der Waals surface area contributed by atoms with E-state index in [0.717, 1.165) is 19.3 Å². The Bertz CT molecular complexity index is 370. The van der Waals surface area contributed by atoms with E-state index < -0.39 is 11.9 Å². The third-order valence-corrected chi connectivity index (χ3v) is 4.13. The van der Waals surface area contributed by atoms with Gasteiger partial charge < -0.3 is 24.8 Å². The van der Waals surface area contributed by atoms with Gasteiger partial charge in [-0.25, -0.2) is 4.79 Å². The molecule has 2 aliphatic rings. The fourth-order valence-corrected chi connectivity index (χ4v) is 2.95. The first-order valence-electron chi connectivity index (χ1n) is 7.50. The Labute approximate surface area is 124 Å². The van der Waals surface area contributed by atoms with Gasteiger partial charge in [-0.1, -0.05) is 0 Å². The average molecular weight is 300 g/mol. The van der Waals surface area contributed by atoms with Crippen molar-refractivity contribution in [1.29, 1.82) is 0 Å². The fourth-order valence-electron chi connectivity index (χ4n) is 2.95. The number of amides is 2. The highest BCUT2D eigenvalue weighted by atomic mass is 16.5. The number of carboxylic acid groups (broad SMARTS) is 1. The summed E-state index contributed by atoms with van der Waals surface area (Å²) in [4.78, 5) is 25.0. The van der Waals surface area contributed by atoms with Gasteiger partial charge in [-0.3, -0.25) is 4.79 Å². The summed E-state index contributed by atoms with van der Waals surface area (Å²) in [5.41, 5.74) is 0. The topological polar surface area (TPSA) is 88.1 Å². The summed E-state index contributed by atoms with van der Waals surface area (Å²) in [5, 5.41) is 12.0. The molecule has 2 heterocycles. The van der Waals surface area contributed by atoms with Crippen molar-refractivity contribution in [3.8, 4) is 0 Å². The van der Waals surface area contributed by atoms with E-state index in [4.69, 9.17) is 14.6 Å². The average Bonchev–Trinajstić information content (AvgIpc) is 3.01. The molecule has 0 saturated carbocycles. The van der Waals surface area contributed by atoms with Crippen LogP contribution in [0.2, 0.25) is 0 Å². The van der Waals surface area contributed by atoms with Gasteiger partial charge in [0.15, 0.2) is 0 Å². The molecular formula is C14H24N2O5. The van der Waals surface area contributed by atoms with Crippen molar-refractivity contribution >= 4 is 12.0 Å². The lowest BCUT2D eigenvalue weighted by atomic mass is 9.98. The number of nitrogens with one attached hydrogen (secondary N) is 1. The Morgan fingerprint density at radius 1 is 1.43 bits per heavy atom. The van der Waals surface area contributed by atoms with Crippen LogP contribution in [0.1, 0.15) is 25.7 Å². The summed E-state index contributed by atoms with van der Waals surface area (Å²) in [5.74, 6) is -1.30. The van der Waals surface area contributed by atoms with E-state index in [1.165, 1.54) is 0 Å². The number of rotatable bonds is 5. The molecule has 0 aliphatic carbocycles. The Morgan fingerprint density at radius 2 is 2.24 bits per heavy atom. The predicted octanol–water partition coefficient (Wildman–Crippen LogP) is 0.687. The van der Waals surface area contributed by atoms with E-state index in [-0.39, 0.29) is 24.7 Å². The number of likely N-dealkylation sites (tertiary alicyclic amines) is 1. The van der Waals surface area contributed by atoms with Crippen LogP contribution in [0.4, 0.5) is 4.79 Å². The summed E-state index contributed by atoms with van der Waals surface area (Å²) in [6, 6.07) is -0.409. The maximum atomic E-state index is 12.3. The number of methoxy groups -OCH3 is 1. The summed E-state index contributed by atoms with van der Waals surface area (Å²) in [6.45, 7) is 1.98. The Kier molecular flexibility index (Phi) is 5.81. The third-order valence-electron chi connectivity index (χ3n) is 4.13. The monoisotopic (exact) mass is 300 g/mol. The number of carboxylic acids is 1. The number of hydrogen-bond donors (Lipinski definition) is 2. The Hall–Kier alpha value is -1.34. The van der Waals surface area contributed by atoms with Gasteiger partial charge in [0, 0.05) is 26.8 Å². The third kappa shape index (κ3) is 4.31. The molecule has 2 saturated heterocycles. The van der Waals surface area contributed by atoms with Crippen molar-refractivity contribution < 1.29 is 24.2 Å². The summed E-state index contributed by atoms with van der Waals surface area (Å²) < 4.78 is 10.8. The maximum absolute atomic E-state index is 12.3. The van der Waals surface area contributed by atoms with Gasteiger partial charge >= 0.3 is 12.0 Å². The second-order valence-electron chi connectivity index (χ2n) is 5.69. The number of piperidine rings is 1. The normalized spacial score (nSPS) is 27.4. The van der Waals surface area contributed by atoms with Crippen molar-refractivity contribution in [2.45, 2.75) is 37.8 Å². The number of nitrogens with zero attached hydrogens (tertiary/aromatic N) is 1. The van der Waals surface area contributed by atoms with Crippen molar-refractivity contribution in [3.63, 3.8) is 0 Å². The molecule has 7 nitrogen and oxygen atoms in total. The number of hydrogen-bond acceptors (Lipinski definition) is 4. The van der Waals surface area contributed by atoms with Crippen LogP contribution in [0.3, 0.4) is 0 Å². The quantitative estimate of drug-likeness (QED) is 0.780. The molecule has 0 aromatic carbocycles. The Morgan fingerprint density at radius 3 is 2.86 bits per heavy atom. The van der Waals surface area contributed by atoms with Crippen LogP contribution >= 0.6 is 0 Å². The molecule has 7 heteroatoms. The van der Waals surface area contributed by atoms with Gasteiger partial charge in [0.05, 0.1) is 24.7 Å². The molecule has 2 N–H and O–H groups in total. The van der Waals surface area contributed by atoms with Crippen molar-refractivity contribution in [1.82, 2.24) is 10.2 Å². The molecule has 3 atom stereocenters.